The molecule has 12 nitrogen and oxygen atoms in total. The van der Waals surface area contributed by atoms with Gasteiger partial charge in [0.2, 0.25) is 11.8 Å². The Morgan fingerprint density at radius 3 is 2.20 bits per heavy atom. The molecule has 0 bridgehead atoms. The lowest BCUT2D eigenvalue weighted by atomic mass is 9.49. The topological polar surface area (TPSA) is 163 Å². The minimum Gasteiger partial charge on any atom is -0.508 e. The number of rotatable bonds is 6. The molecular formula is C38H26Cl2F3N5O7. The molecule has 2 saturated heterocycles. The number of anilines is 2. The number of aromatic hydroxyl groups is 1. The van der Waals surface area contributed by atoms with Crippen molar-refractivity contribution < 1.29 is 42.4 Å². The number of fused-ring (bicyclic) bond motifs is 4. The highest BCUT2D eigenvalue weighted by molar-refractivity contribution is 6.33. The van der Waals surface area contributed by atoms with Crippen LogP contribution >= 0.6 is 23.2 Å². The van der Waals surface area contributed by atoms with Gasteiger partial charge in [0, 0.05) is 29.3 Å². The third-order valence-electron chi connectivity index (χ3n) is 11.1. The lowest BCUT2D eigenvalue weighted by molar-refractivity contribution is -0.384. The third kappa shape index (κ3) is 5.55. The molecule has 2 aliphatic heterocycles. The first kappa shape index (κ1) is 36.2. The van der Waals surface area contributed by atoms with Crippen LogP contribution in [0.15, 0.2) is 96.7 Å². The van der Waals surface area contributed by atoms with Crippen LogP contribution in [-0.2, 0) is 30.8 Å². The number of pyridine rings is 1. The van der Waals surface area contributed by atoms with Gasteiger partial charge < -0.3 is 5.11 Å². The van der Waals surface area contributed by atoms with Gasteiger partial charge in [-0.25, -0.2) is 4.98 Å². The Kier molecular flexibility index (Phi) is 8.50. The summed E-state index contributed by atoms with van der Waals surface area (Å²) in [6.07, 6.45) is -2.46. The fourth-order valence-corrected chi connectivity index (χ4v) is 9.14. The lowest BCUT2D eigenvalue weighted by Gasteiger charge is -2.50. The molecule has 3 fully saturated rings. The summed E-state index contributed by atoms with van der Waals surface area (Å²) < 4.78 is 40.3. The summed E-state index contributed by atoms with van der Waals surface area (Å²) in [4.78, 5) is 73.7. The Bertz CT molecular complexity index is 2340. The number of alkyl halides is 3. The monoisotopic (exact) mass is 791 g/mol. The van der Waals surface area contributed by atoms with E-state index in [1.165, 1.54) is 36.4 Å². The highest BCUT2D eigenvalue weighted by Gasteiger charge is 2.70. The first-order valence-corrected chi connectivity index (χ1v) is 17.6. The van der Waals surface area contributed by atoms with E-state index >= 15 is 4.79 Å². The van der Waals surface area contributed by atoms with Crippen molar-refractivity contribution in [3.05, 3.63) is 134 Å². The molecule has 1 saturated carbocycles. The van der Waals surface area contributed by atoms with Crippen molar-refractivity contribution in [3.63, 3.8) is 0 Å². The average molecular weight is 793 g/mol. The van der Waals surface area contributed by atoms with E-state index in [1.807, 2.05) is 6.08 Å². The molecule has 4 aliphatic rings. The summed E-state index contributed by atoms with van der Waals surface area (Å²) in [6, 6.07) is 17.9. The van der Waals surface area contributed by atoms with Crippen LogP contribution in [0, 0.1) is 33.8 Å². The van der Waals surface area contributed by atoms with E-state index in [4.69, 9.17) is 23.2 Å². The molecule has 3 aromatic carbocycles. The maximum Gasteiger partial charge on any atom is 0.417 e. The van der Waals surface area contributed by atoms with Gasteiger partial charge in [-0.1, -0.05) is 59.1 Å². The maximum absolute atomic E-state index is 15.2. The Balaban J connectivity index is 1.28. The zero-order valence-corrected chi connectivity index (χ0v) is 29.5. The highest BCUT2D eigenvalue weighted by Crippen LogP contribution is 2.64. The van der Waals surface area contributed by atoms with Gasteiger partial charge in [0.15, 0.2) is 5.82 Å². The maximum atomic E-state index is 15.2. The molecule has 0 radical (unpaired) electrons. The largest absolute Gasteiger partial charge is 0.508 e. The zero-order valence-electron chi connectivity index (χ0n) is 28.0. The zero-order chi connectivity index (χ0) is 39.1. The molecule has 3 heterocycles. The summed E-state index contributed by atoms with van der Waals surface area (Å²) in [5, 5.41) is 22.1. The van der Waals surface area contributed by atoms with E-state index in [-0.39, 0.29) is 30.0 Å². The van der Waals surface area contributed by atoms with Crippen molar-refractivity contribution >= 4 is 64.0 Å². The summed E-state index contributed by atoms with van der Waals surface area (Å²) in [6.45, 7) is 0. The van der Waals surface area contributed by atoms with Gasteiger partial charge in [0.25, 0.3) is 17.5 Å². The van der Waals surface area contributed by atoms with Gasteiger partial charge >= 0.3 is 6.18 Å². The lowest BCUT2D eigenvalue weighted by Crippen LogP contribution is -2.53. The molecule has 0 spiro atoms. The fourth-order valence-electron chi connectivity index (χ4n) is 8.80. The molecule has 1 aromatic heterocycles. The number of hydrogen-bond donors (Lipinski definition) is 2. The van der Waals surface area contributed by atoms with Crippen molar-refractivity contribution in [2.24, 2.45) is 23.7 Å². The second-order valence-electron chi connectivity index (χ2n) is 13.8. The average Bonchev–Trinajstić information content (AvgIpc) is 3.53. The number of allylic oxidation sites excluding steroid dienone is 2. The minimum absolute atomic E-state index is 0.0821. The predicted octanol–water partition coefficient (Wildman–Crippen LogP) is 7.21. The van der Waals surface area contributed by atoms with Crippen LogP contribution in [0.4, 0.5) is 30.4 Å². The van der Waals surface area contributed by atoms with Gasteiger partial charge in [-0.15, -0.1) is 0 Å². The number of benzene rings is 3. The summed E-state index contributed by atoms with van der Waals surface area (Å²) >= 11 is 12.5. The minimum atomic E-state index is -4.77. The van der Waals surface area contributed by atoms with Gasteiger partial charge in [0.05, 0.1) is 44.4 Å². The van der Waals surface area contributed by atoms with E-state index in [0.29, 0.717) is 39.0 Å². The van der Waals surface area contributed by atoms with Crippen LogP contribution in [0.5, 0.6) is 5.75 Å². The van der Waals surface area contributed by atoms with Crippen molar-refractivity contribution in [3.8, 4) is 5.75 Å². The van der Waals surface area contributed by atoms with Crippen LogP contribution in [-0.4, -0.2) is 43.7 Å². The Labute approximate surface area is 319 Å². The van der Waals surface area contributed by atoms with Crippen LogP contribution in [0.3, 0.4) is 0 Å². The standard InChI is InChI=1S/C38H26Cl2F3N5O7/c39-21-5-3-19(4-6-21)37-28(34(51)47(36(37)53)45-32-29(40)15-20(17-44-32)38(41,42)43)16-27-25(31(37)18-1-11-24(49)12-2-18)13-14-26-30(27)35(52)46(33(26)50)22-7-9-23(10-8-22)48(54)55/h1-13,15,17,26-28,30-31,49H,14,16H2,(H,44,45). The third-order valence-corrected chi connectivity index (χ3v) is 11.6. The van der Waals surface area contributed by atoms with E-state index < -0.39 is 86.1 Å². The molecule has 6 atom stereocenters. The van der Waals surface area contributed by atoms with Gasteiger partial charge in [-0.2, -0.15) is 18.2 Å². The molecule has 280 valence electrons. The van der Waals surface area contributed by atoms with Crippen LogP contribution in [0.25, 0.3) is 0 Å². The number of imide groups is 2. The normalized spacial score (nSPS) is 26.1. The van der Waals surface area contributed by atoms with Gasteiger partial charge in [-0.05, 0) is 72.4 Å². The molecule has 4 aromatic rings. The first-order valence-electron chi connectivity index (χ1n) is 16.9. The smallest absolute Gasteiger partial charge is 0.417 e. The highest BCUT2D eigenvalue weighted by atomic mass is 35.5. The molecular weight excluding hydrogens is 766 g/mol. The van der Waals surface area contributed by atoms with Crippen molar-refractivity contribution in [2.75, 3.05) is 10.3 Å². The summed E-state index contributed by atoms with van der Waals surface area (Å²) in [7, 11) is 0. The number of halogens is 5. The SMILES string of the molecule is O=C1C2CC3C(=CCC4C(=O)N(c5ccc([N+](=O)[O-])cc5)C(=O)C43)C(c3ccc(O)cc3)C2(c2ccc(Cl)cc2)C(=O)N1Nc1ncc(C(F)(F)F)cc1Cl. The van der Waals surface area contributed by atoms with Crippen molar-refractivity contribution in [1.29, 1.82) is 0 Å². The molecule has 2 aliphatic carbocycles. The summed E-state index contributed by atoms with van der Waals surface area (Å²) in [5.74, 6) is -7.95. The number of carbonyl (C=O) groups is 4. The number of phenols is 1. The molecule has 8 rings (SSSR count). The number of hydrogen-bond acceptors (Lipinski definition) is 9. The first-order chi connectivity index (χ1) is 26.1. The number of nitrogens with one attached hydrogen (secondary N) is 1. The molecule has 55 heavy (non-hydrogen) atoms. The number of carbonyl (C=O) groups excluding carboxylic acids is 4. The van der Waals surface area contributed by atoms with Crippen molar-refractivity contribution in [2.45, 2.75) is 30.4 Å². The number of non-ortho nitro benzene ring substituents is 1. The number of phenolic OH excluding ortho intramolecular Hbond substituents is 1. The molecule has 17 heteroatoms. The van der Waals surface area contributed by atoms with Crippen molar-refractivity contribution in [1.82, 2.24) is 9.99 Å². The van der Waals surface area contributed by atoms with Gasteiger partial charge in [0.1, 0.15) is 5.75 Å². The number of hydrazine groups is 1. The number of aromatic nitrogens is 1. The Morgan fingerprint density at radius 2 is 1.58 bits per heavy atom. The predicted molar refractivity (Wildman–Crippen MR) is 191 cm³/mol. The van der Waals surface area contributed by atoms with E-state index in [1.54, 1.807) is 36.4 Å². The fraction of sp³-hybridized carbons (Fsp3) is 0.237. The van der Waals surface area contributed by atoms with E-state index in [9.17, 15) is 42.8 Å². The van der Waals surface area contributed by atoms with E-state index in [2.05, 4.69) is 10.4 Å². The quantitative estimate of drug-likeness (QED) is 0.0889. The number of nitro benzene ring substituents is 1. The Hall–Kier alpha value is -5.80. The number of nitrogens with zero attached hydrogens (tertiary/aromatic N) is 4. The van der Waals surface area contributed by atoms with Crippen LogP contribution in [0.1, 0.15) is 35.4 Å². The Morgan fingerprint density at radius 1 is 0.909 bits per heavy atom. The second kappa shape index (κ2) is 12.9. The van der Waals surface area contributed by atoms with Gasteiger partial charge in [-0.3, -0.25) is 39.6 Å². The second-order valence-corrected chi connectivity index (χ2v) is 14.6. The van der Waals surface area contributed by atoms with E-state index in [0.717, 1.165) is 4.90 Å². The van der Waals surface area contributed by atoms with Crippen LogP contribution in [0.2, 0.25) is 10.0 Å². The van der Waals surface area contributed by atoms with Crippen LogP contribution < -0.4 is 10.3 Å². The summed E-state index contributed by atoms with van der Waals surface area (Å²) in [5.41, 5.74) is 1.05. The molecule has 6 unspecified atom stereocenters. The molecule has 4 amide bonds. The number of nitro groups is 1. The number of amides is 4. The molecule has 2 N–H and O–H groups in total.